The number of carboxylic acids is 1. The number of aromatic amines is 1. The van der Waals surface area contributed by atoms with Crippen LogP contribution in [0, 0.1) is 0 Å². The van der Waals surface area contributed by atoms with Crippen LogP contribution in [0.15, 0.2) is 36.5 Å². The van der Waals surface area contributed by atoms with Gasteiger partial charge >= 0.3 is 12.1 Å². The van der Waals surface area contributed by atoms with Crippen molar-refractivity contribution in [3.63, 3.8) is 0 Å². The lowest BCUT2D eigenvalue weighted by Gasteiger charge is -2.28. The Labute approximate surface area is 160 Å². The van der Waals surface area contributed by atoms with Gasteiger partial charge in [-0.25, -0.2) is 9.78 Å². The summed E-state index contributed by atoms with van der Waals surface area (Å²) in [5.41, 5.74) is 2.01. The highest BCUT2D eigenvalue weighted by Gasteiger charge is 2.38. The van der Waals surface area contributed by atoms with Gasteiger partial charge in [0.05, 0.1) is 12.7 Å². The molecule has 7 nitrogen and oxygen atoms in total. The molecule has 0 aliphatic carbocycles. The molecule has 2 atom stereocenters. The van der Waals surface area contributed by atoms with E-state index in [0.717, 1.165) is 17.1 Å². The molecule has 0 aliphatic heterocycles. The lowest BCUT2D eigenvalue weighted by molar-refractivity contribution is -0.192. The first kappa shape index (κ1) is 23.6. The average Bonchev–Trinajstić information content (AvgIpc) is 3.09. The number of rotatable bonds is 7. The van der Waals surface area contributed by atoms with Gasteiger partial charge in [-0.15, -0.1) is 0 Å². The number of carboxylic acid groups (broad SMARTS) is 1. The fourth-order valence-electron chi connectivity index (χ4n) is 2.26. The van der Waals surface area contributed by atoms with Crippen LogP contribution >= 0.6 is 0 Å². The minimum absolute atomic E-state index is 0.0110. The Balaban J connectivity index is 0.000000480. The van der Waals surface area contributed by atoms with Gasteiger partial charge in [0.2, 0.25) is 0 Å². The monoisotopic (exact) mass is 403 g/mol. The van der Waals surface area contributed by atoms with Gasteiger partial charge in [-0.2, -0.15) is 13.2 Å². The van der Waals surface area contributed by atoms with Crippen LogP contribution in [0.4, 0.5) is 13.2 Å². The van der Waals surface area contributed by atoms with Crippen molar-refractivity contribution < 1.29 is 33.3 Å². The maximum Gasteiger partial charge on any atom is 0.490 e. The Morgan fingerprint density at radius 3 is 2.29 bits per heavy atom. The van der Waals surface area contributed by atoms with Gasteiger partial charge < -0.3 is 20.3 Å². The van der Waals surface area contributed by atoms with Crippen molar-refractivity contribution in [1.82, 2.24) is 14.9 Å². The van der Waals surface area contributed by atoms with Gasteiger partial charge in [0.1, 0.15) is 5.82 Å². The molecule has 0 saturated carbocycles. The fourth-order valence-corrected chi connectivity index (χ4v) is 2.26. The second-order valence-corrected chi connectivity index (χ2v) is 6.24. The molecule has 0 bridgehead atoms. The predicted octanol–water partition coefficient (Wildman–Crippen LogP) is 2.27. The Hall–Kier alpha value is -2.43. The number of aliphatic hydroxyl groups excluding tert-OH is 2. The number of aliphatic carboxylic acids is 1. The molecule has 1 aromatic carbocycles. The second-order valence-electron chi connectivity index (χ2n) is 6.24. The quantitative estimate of drug-likeness (QED) is 0.565. The number of halogens is 3. The maximum atomic E-state index is 10.6. The Morgan fingerprint density at radius 1 is 1.25 bits per heavy atom. The molecule has 2 rings (SSSR count). The summed E-state index contributed by atoms with van der Waals surface area (Å²) in [6, 6.07) is 9.93. The number of H-pyrrole nitrogens is 1. The molecular formula is C18H24F3N3O4. The van der Waals surface area contributed by atoms with E-state index >= 15 is 0 Å². The molecule has 0 aliphatic rings. The van der Waals surface area contributed by atoms with Crippen molar-refractivity contribution >= 4 is 5.97 Å². The number of hydrogen-bond donors (Lipinski definition) is 4. The van der Waals surface area contributed by atoms with Crippen LogP contribution < -0.4 is 0 Å². The van der Waals surface area contributed by atoms with Crippen LogP contribution in [0.3, 0.4) is 0 Å². The van der Waals surface area contributed by atoms with E-state index in [1.54, 1.807) is 6.92 Å². The van der Waals surface area contributed by atoms with E-state index in [4.69, 9.17) is 9.90 Å². The number of hydrogen-bond acceptors (Lipinski definition) is 5. The predicted molar refractivity (Wildman–Crippen MR) is 96.4 cm³/mol. The van der Waals surface area contributed by atoms with Crippen molar-refractivity contribution in [2.45, 2.75) is 38.7 Å². The standard InChI is InChI=1S/C16H23N3O2.C2HF3O2/c1-12(11-20)19(9-13(2)21)10-15-8-17-16(18-15)14-6-4-3-5-7-14;3-2(4,5)1(6)7/h3-8,12-13,20-21H,9-11H2,1-2H3,(H,17,18);(H,6,7). The van der Waals surface area contributed by atoms with Crippen molar-refractivity contribution in [2.75, 3.05) is 13.2 Å². The fraction of sp³-hybridized carbons (Fsp3) is 0.444. The van der Waals surface area contributed by atoms with Crippen LogP contribution in [0.2, 0.25) is 0 Å². The lowest BCUT2D eigenvalue weighted by Crippen LogP contribution is -2.39. The molecular weight excluding hydrogens is 379 g/mol. The number of carbonyl (C=O) groups is 1. The molecule has 0 spiro atoms. The smallest absolute Gasteiger partial charge is 0.475 e. The van der Waals surface area contributed by atoms with E-state index in [2.05, 4.69) is 9.97 Å². The molecule has 10 heteroatoms. The summed E-state index contributed by atoms with van der Waals surface area (Å²) in [5, 5.41) is 26.0. The maximum absolute atomic E-state index is 10.6. The van der Waals surface area contributed by atoms with Gasteiger partial charge in [-0.05, 0) is 13.8 Å². The van der Waals surface area contributed by atoms with Gasteiger partial charge in [0, 0.05) is 36.6 Å². The van der Waals surface area contributed by atoms with Crippen molar-refractivity contribution in [3.05, 3.63) is 42.2 Å². The number of nitrogens with one attached hydrogen (secondary N) is 1. The molecule has 0 saturated heterocycles. The van der Waals surface area contributed by atoms with Crippen molar-refractivity contribution in [2.24, 2.45) is 0 Å². The topological polar surface area (TPSA) is 110 Å². The summed E-state index contributed by atoms with van der Waals surface area (Å²) in [7, 11) is 0. The zero-order valence-electron chi connectivity index (χ0n) is 15.5. The summed E-state index contributed by atoms with van der Waals surface area (Å²) in [6.07, 6.45) is -3.71. The molecule has 1 aromatic heterocycles. The molecule has 2 unspecified atom stereocenters. The molecule has 0 amide bonds. The van der Waals surface area contributed by atoms with Crippen molar-refractivity contribution in [3.8, 4) is 11.4 Å². The first-order chi connectivity index (χ1) is 13.0. The first-order valence-corrected chi connectivity index (χ1v) is 8.47. The Morgan fingerprint density at radius 2 is 1.82 bits per heavy atom. The molecule has 28 heavy (non-hydrogen) atoms. The van der Waals surface area contributed by atoms with Crippen LogP contribution in [-0.2, 0) is 11.3 Å². The Kier molecular flexibility index (Phi) is 9.10. The number of benzene rings is 1. The van der Waals surface area contributed by atoms with E-state index in [1.165, 1.54) is 0 Å². The van der Waals surface area contributed by atoms with Crippen molar-refractivity contribution in [1.29, 1.82) is 0 Å². The third kappa shape index (κ3) is 8.07. The van der Waals surface area contributed by atoms with Crippen LogP contribution in [0.25, 0.3) is 11.4 Å². The largest absolute Gasteiger partial charge is 0.490 e. The van der Waals surface area contributed by atoms with Gasteiger partial charge in [0.25, 0.3) is 0 Å². The molecule has 0 radical (unpaired) electrons. The van der Waals surface area contributed by atoms with Crippen LogP contribution in [-0.4, -0.2) is 67.6 Å². The molecule has 2 aromatic rings. The lowest BCUT2D eigenvalue weighted by atomic mass is 10.2. The molecule has 4 N–H and O–H groups in total. The van der Waals surface area contributed by atoms with E-state index in [1.807, 2.05) is 48.4 Å². The Bertz CT molecular complexity index is 720. The summed E-state index contributed by atoms with van der Waals surface area (Å²) >= 11 is 0. The highest BCUT2D eigenvalue weighted by molar-refractivity contribution is 5.73. The van der Waals surface area contributed by atoms with Gasteiger partial charge in [-0.3, -0.25) is 4.90 Å². The zero-order chi connectivity index (χ0) is 21.3. The highest BCUT2D eigenvalue weighted by Crippen LogP contribution is 2.16. The van der Waals surface area contributed by atoms with Crippen LogP contribution in [0.1, 0.15) is 19.5 Å². The number of alkyl halides is 3. The SMILES string of the molecule is CC(O)CN(Cc1cnc(-c2ccccc2)[nH]1)C(C)CO.O=C(O)C(F)(F)F. The number of nitrogens with zero attached hydrogens (tertiary/aromatic N) is 2. The molecule has 1 heterocycles. The number of imidazole rings is 1. The average molecular weight is 403 g/mol. The van der Waals surface area contributed by atoms with E-state index < -0.39 is 18.2 Å². The van der Waals surface area contributed by atoms with E-state index in [0.29, 0.717) is 13.1 Å². The minimum atomic E-state index is -5.08. The van der Waals surface area contributed by atoms with Gasteiger partial charge in [-0.1, -0.05) is 30.3 Å². The number of aromatic nitrogens is 2. The summed E-state index contributed by atoms with van der Waals surface area (Å²) in [6.45, 7) is 4.89. The molecule has 156 valence electrons. The van der Waals surface area contributed by atoms with E-state index in [-0.39, 0.29) is 12.6 Å². The minimum Gasteiger partial charge on any atom is -0.475 e. The van der Waals surface area contributed by atoms with E-state index in [9.17, 15) is 23.4 Å². The third-order valence-corrected chi connectivity index (χ3v) is 3.68. The highest BCUT2D eigenvalue weighted by atomic mass is 19.4. The van der Waals surface area contributed by atoms with Gasteiger partial charge in [0.15, 0.2) is 0 Å². The first-order valence-electron chi connectivity index (χ1n) is 8.47. The summed E-state index contributed by atoms with van der Waals surface area (Å²) in [5.74, 6) is -1.92. The normalized spacial score (nSPS) is 13.6. The van der Waals surface area contributed by atoms with Crippen LogP contribution in [0.5, 0.6) is 0 Å². The zero-order valence-corrected chi connectivity index (χ0v) is 15.5. The molecule has 0 fully saturated rings. The summed E-state index contributed by atoms with van der Waals surface area (Å²) < 4.78 is 31.7. The summed E-state index contributed by atoms with van der Waals surface area (Å²) in [4.78, 5) is 18.6. The number of aliphatic hydroxyl groups is 2. The second kappa shape index (κ2) is 10.8. The third-order valence-electron chi connectivity index (χ3n) is 3.68.